The summed E-state index contributed by atoms with van der Waals surface area (Å²) in [7, 11) is 0. The first kappa shape index (κ1) is 21.7. The van der Waals surface area contributed by atoms with Crippen LogP contribution in [0.2, 0.25) is 0 Å². The molecule has 6 heteroatoms. The van der Waals surface area contributed by atoms with Gasteiger partial charge in [-0.3, -0.25) is 14.6 Å². The third-order valence-electron chi connectivity index (χ3n) is 7.09. The Kier molecular flexibility index (Phi) is 7.74. The molecule has 5 nitrogen and oxygen atoms in total. The third-order valence-corrected chi connectivity index (χ3v) is 7.09. The molecule has 0 spiro atoms. The van der Waals surface area contributed by atoms with Crippen LogP contribution in [0.3, 0.4) is 0 Å². The summed E-state index contributed by atoms with van der Waals surface area (Å²) in [6, 6.07) is 7.11. The van der Waals surface area contributed by atoms with Crippen LogP contribution in [0.4, 0.5) is 4.39 Å². The highest BCUT2D eigenvalue weighted by Crippen LogP contribution is 2.35. The Balaban J connectivity index is 1.38. The largest absolute Gasteiger partial charge is 0.379 e. The van der Waals surface area contributed by atoms with E-state index in [0.717, 1.165) is 70.6 Å². The second kappa shape index (κ2) is 10.7. The highest BCUT2D eigenvalue weighted by atomic mass is 19.1. The number of carbonyl (C=O) groups is 1. The first-order chi connectivity index (χ1) is 14.7. The maximum atomic E-state index is 13.4. The van der Waals surface area contributed by atoms with Crippen molar-refractivity contribution in [2.45, 2.75) is 57.0 Å². The van der Waals surface area contributed by atoms with E-state index in [1.54, 1.807) is 0 Å². The molecular weight excluding hydrogens is 381 g/mol. The van der Waals surface area contributed by atoms with Gasteiger partial charge in [0.05, 0.1) is 25.8 Å². The van der Waals surface area contributed by atoms with Crippen LogP contribution in [-0.4, -0.2) is 67.7 Å². The van der Waals surface area contributed by atoms with Gasteiger partial charge in [0.2, 0.25) is 5.91 Å². The molecule has 2 atom stereocenters. The lowest BCUT2D eigenvalue weighted by atomic mass is 9.91. The van der Waals surface area contributed by atoms with Crippen molar-refractivity contribution in [2.24, 2.45) is 5.92 Å². The fourth-order valence-corrected chi connectivity index (χ4v) is 5.39. The molecule has 30 heavy (non-hydrogen) atoms. The van der Waals surface area contributed by atoms with Gasteiger partial charge in [-0.1, -0.05) is 31.4 Å². The molecule has 0 bridgehead atoms. The summed E-state index contributed by atoms with van der Waals surface area (Å²) in [5, 5.41) is 3.33. The van der Waals surface area contributed by atoms with E-state index in [1.165, 1.54) is 31.4 Å². The summed E-state index contributed by atoms with van der Waals surface area (Å²) in [5.74, 6) is 0.324. The fraction of sp³-hybridized carbons (Fsp3) is 0.708. The fourth-order valence-electron chi connectivity index (χ4n) is 5.39. The highest BCUT2D eigenvalue weighted by Gasteiger charge is 2.30. The van der Waals surface area contributed by atoms with E-state index in [4.69, 9.17) is 4.74 Å². The van der Waals surface area contributed by atoms with E-state index in [2.05, 4.69) is 15.1 Å². The monoisotopic (exact) mass is 417 g/mol. The molecule has 4 rings (SSSR count). The van der Waals surface area contributed by atoms with Gasteiger partial charge < -0.3 is 10.1 Å². The Morgan fingerprint density at radius 1 is 1.03 bits per heavy atom. The summed E-state index contributed by atoms with van der Waals surface area (Å²) in [4.78, 5) is 18.0. The Hall–Kier alpha value is -1.50. The van der Waals surface area contributed by atoms with Gasteiger partial charge in [-0.15, -0.1) is 0 Å². The SMILES string of the molecule is O=C(CN1CCCCC1CN1CCOCC1)NC(c1ccc(F)cc1)C1CCCC1. The molecule has 1 N–H and O–H groups in total. The standard InChI is InChI=1S/C24H36FN3O2/c25-21-10-8-20(9-11-21)24(19-5-1-2-6-19)26-23(29)18-28-12-4-3-7-22(28)17-27-13-15-30-16-14-27/h8-11,19,22,24H,1-7,12-18H2,(H,26,29). The highest BCUT2D eigenvalue weighted by molar-refractivity contribution is 5.78. The number of morpholine rings is 1. The molecular formula is C24H36FN3O2. The van der Waals surface area contributed by atoms with E-state index in [0.29, 0.717) is 18.5 Å². The minimum Gasteiger partial charge on any atom is -0.379 e. The number of nitrogens with one attached hydrogen (secondary N) is 1. The van der Waals surface area contributed by atoms with Crippen molar-refractivity contribution in [2.75, 3.05) is 45.9 Å². The molecule has 0 aromatic heterocycles. The number of likely N-dealkylation sites (tertiary alicyclic amines) is 1. The predicted octanol–water partition coefficient (Wildman–Crippen LogP) is 3.36. The van der Waals surface area contributed by atoms with Crippen molar-refractivity contribution in [3.63, 3.8) is 0 Å². The van der Waals surface area contributed by atoms with Crippen LogP contribution in [-0.2, 0) is 9.53 Å². The number of ether oxygens (including phenoxy) is 1. The van der Waals surface area contributed by atoms with Gasteiger partial charge in [0.1, 0.15) is 5.82 Å². The molecule has 2 aliphatic heterocycles. The lowest BCUT2D eigenvalue weighted by Crippen LogP contribution is -2.52. The Labute approximate surface area is 179 Å². The second-order valence-corrected chi connectivity index (χ2v) is 9.17. The molecule has 1 saturated carbocycles. The zero-order valence-electron chi connectivity index (χ0n) is 18.0. The van der Waals surface area contributed by atoms with E-state index < -0.39 is 0 Å². The van der Waals surface area contributed by atoms with Crippen molar-refractivity contribution in [1.82, 2.24) is 15.1 Å². The number of amides is 1. The molecule has 166 valence electrons. The summed E-state index contributed by atoms with van der Waals surface area (Å²) in [6.07, 6.45) is 8.26. The van der Waals surface area contributed by atoms with Gasteiger partial charge >= 0.3 is 0 Å². The zero-order valence-corrected chi connectivity index (χ0v) is 18.0. The van der Waals surface area contributed by atoms with Crippen molar-refractivity contribution in [3.8, 4) is 0 Å². The maximum Gasteiger partial charge on any atom is 0.234 e. The minimum atomic E-state index is -0.227. The summed E-state index contributed by atoms with van der Waals surface area (Å²) < 4.78 is 18.9. The number of hydrogen-bond acceptors (Lipinski definition) is 4. The number of halogens is 1. The number of piperidine rings is 1. The average molecular weight is 418 g/mol. The molecule has 1 aromatic rings. The van der Waals surface area contributed by atoms with Crippen LogP contribution >= 0.6 is 0 Å². The number of rotatable bonds is 7. The van der Waals surface area contributed by atoms with Crippen molar-refractivity contribution >= 4 is 5.91 Å². The normalized spacial score (nSPS) is 25.3. The molecule has 3 aliphatic rings. The van der Waals surface area contributed by atoms with Gasteiger partial charge in [0, 0.05) is 25.7 Å². The molecule has 3 fully saturated rings. The smallest absolute Gasteiger partial charge is 0.234 e. The Bertz CT molecular complexity index is 672. The predicted molar refractivity (Wildman–Crippen MR) is 116 cm³/mol. The van der Waals surface area contributed by atoms with Gasteiger partial charge in [-0.2, -0.15) is 0 Å². The molecule has 2 unspecified atom stereocenters. The van der Waals surface area contributed by atoms with Gasteiger partial charge in [-0.25, -0.2) is 4.39 Å². The van der Waals surface area contributed by atoms with Crippen LogP contribution < -0.4 is 5.32 Å². The van der Waals surface area contributed by atoms with E-state index >= 15 is 0 Å². The van der Waals surface area contributed by atoms with Crippen LogP contribution in [0, 0.1) is 11.7 Å². The first-order valence-electron chi connectivity index (χ1n) is 11.8. The number of benzene rings is 1. The number of nitrogens with zero attached hydrogens (tertiary/aromatic N) is 2. The number of carbonyl (C=O) groups excluding carboxylic acids is 1. The zero-order chi connectivity index (χ0) is 20.8. The van der Waals surface area contributed by atoms with E-state index in [9.17, 15) is 9.18 Å². The Morgan fingerprint density at radius 3 is 2.47 bits per heavy atom. The number of hydrogen-bond donors (Lipinski definition) is 1. The van der Waals surface area contributed by atoms with E-state index in [-0.39, 0.29) is 17.8 Å². The summed E-state index contributed by atoms with van der Waals surface area (Å²) in [6.45, 7) is 6.09. The van der Waals surface area contributed by atoms with Crippen molar-refractivity contribution in [3.05, 3.63) is 35.6 Å². The first-order valence-corrected chi connectivity index (χ1v) is 11.8. The van der Waals surface area contributed by atoms with Gasteiger partial charge in [0.15, 0.2) is 0 Å². The van der Waals surface area contributed by atoms with Crippen LogP contribution in [0.1, 0.15) is 56.6 Å². The van der Waals surface area contributed by atoms with Crippen LogP contribution in [0.15, 0.2) is 24.3 Å². The molecule has 1 aromatic carbocycles. The molecule has 0 radical (unpaired) electrons. The van der Waals surface area contributed by atoms with Gasteiger partial charge in [-0.05, 0) is 55.8 Å². The minimum absolute atomic E-state index is 0.0110. The average Bonchev–Trinajstić information content (AvgIpc) is 3.30. The maximum absolute atomic E-state index is 13.4. The van der Waals surface area contributed by atoms with Crippen LogP contribution in [0.5, 0.6) is 0 Å². The van der Waals surface area contributed by atoms with Gasteiger partial charge in [0.25, 0.3) is 0 Å². The quantitative estimate of drug-likeness (QED) is 0.739. The van der Waals surface area contributed by atoms with Crippen LogP contribution in [0.25, 0.3) is 0 Å². The lowest BCUT2D eigenvalue weighted by Gasteiger charge is -2.39. The lowest BCUT2D eigenvalue weighted by molar-refractivity contribution is -0.124. The van der Waals surface area contributed by atoms with Crippen molar-refractivity contribution < 1.29 is 13.9 Å². The topological polar surface area (TPSA) is 44.8 Å². The molecule has 2 heterocycles. The summed E-state index contributed by atoms with van der Waals surface area (Å²) in [5.41, 5.74) is 1.03. The van der Waals surface area contributed by atoms with Crippen molar-refractivity contribution in [1.29, 1.82) is 0 Å². The molecule has 1 amide bonds. The summed E-state index contributed by atoms with van der Waals surface area (Å²) >= 11 is 0. The third kappa shape index (κ3) is 5.80. The molecule has 2 saturated heterocycles. The molecule has 1 aliphatic carbocycles. The van der Waals surface area contributed by atoms with E-state index in [1.807, 2.05) is 12.1 Å². The Morgan fingerprint density at radius 2 is 1.73 bits per heavy atom. The second-order valence-electron chi connectivity index (χ2n) is 9.17.